The molecule has 1 aromatic rings. The maximum atomic E-state index is 13.0. The molecule has 1 aliphatic carbocycles. The minimum atomic E-state index is -4.44. The van der Waals surface area contributed by atoms with Crippen LogP contribution in [0.2, 0.25) is 0 Å². The summed E-state index contributed by atoms with van der Waals surface area (Å²) >= 11 is 0. The molecule has 1 heterocycles. The van der Waals surface area contributed by atoms with Crippen molar-refractivity contribution in [2.45, 2.75) is 63.3 Å². The Bertz CT molecular complexity index is 587. The molecule has 0 bridgehead atoms. The molecule has 0 spiro atoms. The lowest BCUT2D eigenvalue weighted by Gasteiger charge is -2.26. The fourth-order valence-electron chi connectivity index (χ4n) is 3.18. The number of unbranched alkanes of at least 4 members (excludes halogenated alkanes) is 1. The Hall–Kier alpha value is -1.83. The van der Waals surface area contributed by atoms with E-state index in [1.165, 1.54) is 17.2 Å². The van der Waals surface area contributed by atoms with E-state index in [4.69, 9.17) is 0 Å². The van der Waals surface area contributed by atoms with Crippen LogP contribution in [0, 0.1) is 0 Å². The van der Waals surface area contributed by atoms with E-state index in [-0.39, 0.29) is 23.9 Å². The molecular weight excluding hydrogens is 347 g/mol. The second-order valence-corrected chi connectivity index (χ2v) is 6.82. The minimum Gasteiger partial charge on any atom is -0.393 e. The van der Waals surface area contributed by atoms with Gasteiger partial charge in [-0.15, -0.1) is 0 Å². The van der Waals surface area contributed by atoms with Crippen LogP contribution in [0.25, 0.3) is 0 Å². The smallest absolute Gasteiger partial charge is 0.393 e. The number of alkyl halides is 3. The lowest BCUT2D eigenvalue weighted by molar-refractivity contribution is -0.137. The van der Waals surface area contributed by atoms with Crippen LogP contribution < -0.4 is 10.2 Å². The van der Waals surface area contributed by atoms with Crippen molar-refractivity contribution in [3.8, 4) is 0 Å². The molecule has 1 aliphatic rings. The van der Waals surface area contributed by atoms with E-state index in [1.54, 1.807) is 7.05 Å². The molecule has 26 heavy (non-hydrogen) atoms. The Morgan fingerprint density at radius 3 is 2.65 bits per heavy atom. The highest BCUT2D eigenvalue weighted by Gasteiger charge is 2.35. The summed E-state index contributed by atoms with van der Waals surface area (Å²) in [6.07, 6.45) is 1.18. The summed E-state index contributed by atoms with van der Waals surface area (Å²) < 4.78 is 39.0. The minimum absolute atomic E-state index is 0.0390. The Labute approximate surface area is 151 Å². The summed E-state index contributed by atoms with van der Waals surface area (Å²) in [5.74, 6) is -0.131. The largest absolute Gasteiger partial charge is 0.419 e. The third-order valence-corrected chi connectivity index (χ3v) is 4.66. The van der Waals surface area contributed by atoms with Gasteiger partial charge in [-0.25, -0.2) is 4.98 Å². The van der Waals surface area contributed by atoms with Crippen molar-refractivity contribution < 1.29 is 23.1 Å². The van der Waals surface area contributed by atoms with Gasteiger partial charge in [-0.05, 0) is 50.7 Å². The number of carbonyl (C=O) groups excluding carboxylic acids is 1. The van der Waals surface area contributed by atoms with Crippen molar-refractivity contribution in [3.63, 3.8) is 0 Å². The number of aliphatic hydroxyl groups excluding tert-OH is 1. The van der Waals surface area contributed by atoms with Gasteiger partial charge in [-0.2, -0.15) is 13.2 Å². The first-order valence-corrected chi connectivity index (χ1v) is 8.98. The fourth-order valence-corrected chi connectivity index (χ4v) is 3.18. The van der Waals surface area contributed by atoms with E-state index in [9.17, 15) is 23.1 Å². The summed E-state index contributed by atoms with van der Waals surface area (Å²) in [6.45, 7) is 0.392. The Balaban J connectivity index is 1.72. The predicted molar refractivity (Wildman–Crippen MR) is 92.8 cm³/mol. The van der Waals surface area contributed by atoms with E-state index >= 15 is 0 Å². The van der Waals surface area contributed by atoms with Gasteiger partial charge < -0.3 is 15.3 Å². The molecule has 146 valence electrons. The van der Waals surface area contributed by atoms with E-state index in [1.807, 2.05) is 0 Å². The number of nitrogens with zero attached hydrogens (tertiary/aromatic N) is 2. The fraction of sp³-hybridized carbons (Fsp3) is 0.667. The zero-order valence-electron chi connectivity index (χ0n) is 14.9. The van der Waals surface area contributed by atoms with Crippen molar-refractivity contribution in [2.75, 3.05) is 18.5 Å². The highest BCUT2D eigenvalue weighted by Crippen LogP contribution is 2.34. The van der Waals surface area contributed by atoms with Gasteiger partial charge in [0, 0.05) is 32.3 Å². The van der Waals surface area contributed by atoms with Gasteiger partial charge >= 0.3 is 6.18 Å². The normalized spacial score (nSPS) is 20.7. The Morgan fingerprint density at radius 1 is 1.31 bits per heavy atom. The quantitative estimate of drug-likeness (QED) is 0.721. The van der Waals surface area contributed by atoms with Crippen LogP contribution in [0.3, 0.4) is 0 Å². The number of hydrogen-bond acceptors (Lipinski definition) is 4. The number of halogens is 3. The van der Waals surface area contributed by atoms with E-state index < -0.39 is 11.7 Å². The summed E-state index contributed by atoms with van der Waals surface area (Å²) in [5, 5.41) is 12.4. The molecule has 0 atom stereocenters. The van der Waals surface area contributed by atoms with Gasteiger partial charge in [0.1, 0.15) is 5.82 Å². The molecule has 1 saturated carbocycles. The first-order valence-electron chi connectivity index (χ1n) is 8.98. The standard InChI is InChI=1S/C18H26F3N3O2/c1-24(17-15(18(19,20)21)5-4-11-22-17)12-3-2-6-16(26)23-13-7-9-14(25)10-8-13/h4-5,11,13-14,25H,2-3,6-10,12H2,1H3,(H,23,26). The molecule has 0 unspecified atom stereocenters. The van der Waals surface area contributed by atoms with Crippen LogP contribution >= 0.6 is 0 Å². The zero-order chi connectivity index (χ0) is 19.2. The van der Waals surface area contributed by atoms with Crippen LogP contribution in [0.4, 0.5) is 19.0 Å². The highest BCUT2D eigenvalue weighted by molar-refractivity contribution is 5.76. The number of aliphatic hydroxyl groups is 1. The van der Waals surface area contributed by atoms with Gasteiger partial charge in [0.15, 0.2) is 0 Å². The third kappa shape index (κ3) is 6.16. The molecular formula is C18H26F3N3O2. The molecule has 0 saturated heterocycles. The van der Waals surface area contributed by atoms with E-state index in [0.29, 0.717) is 38.6 Å². The molecule has 2 rings (SSSR count). The highest BCUT2D eigenvalue weighted by atomic mass is 19.4. The van der Waals surface area contributed by atoms with Gasteiger partial charge in [0.05, 0.1) is 11.7 Å². The first-order chi connectivity index (χ1) is 12.3. The lowest BCUT2D eigenvalue weighted by atomic mass is 9.93. The van der Waals surface area contributed by atoms with Crippen molar-refractivity contribution in [1.29, 1.82) is 0 Å². The maximum absolute atomic E-state index is 13.0. The van der Waals surface area contributed by atoms with Crippen LogP contribution in [0.15, 0.2) is 18.3 Å². The summed E-state index contributed by atoms with van der Waals surface area (Å²) in [5.41, 5.74) is -0.750. The molecule has 1 amide bonds. The molecule has 2 N–H and O–H groups in total. The molecule has 1 aromatic heterocycles. The second-order valence-electron chi connectivity index (χ2n) is 6.82. The van der Waals surface area contributed by atoms with Gasteiger partial charge in [-0.3, -0.25) is 4.79 Å². The molecule has 0 aromatic carbocycles. The molecule has 5 nitrogen and oxygen atoms in total. The number of anilines is 1. The van der Waals surface area contributed by atoms with Crippen molar-refractivity contribution >= 4 is 11.7 Å². The molecule has 8 heteroatoms. The van der Waals surface area contributed by atoms with Crippen LogP contribution in [-0.2, 0) is 11.0 Å². The number of rotatable bonds is 7. The second kappa shape index (κ2) is 9.21. The summed E-state index contributed by atoms with van der Waals surface area (Å²) in [4.78, 5) is 17.3. The number of hydrogen-bond donors (Lipinski definition) is 2. The maximum Gasteiger partial charge on any atom is 0.419 e. The summed E-state index contributed by atoms with van der Waals surface area (Å²) in [6, 6.07) is 2.42. The van der Waals surface area contributed by atoms with Crippen LogP contribution in [-0.4, -0.2) is 41.7 Å². The van der Waals surface area contributed by atoms with Crippen LogP contribution in [0.5, 0.6) is 0 Å². The average Bonchev–Trinajstić information content (AvgIpc) is 2.60. The third-order valence-electron chi connectivity index (χ3n) is 4.66. The van der Waals surface area contributed by atoms with Gasteiger partial charge in [-0.1, -0.05) is 0 Å². The monoisotopic (exact) mass is 373 g/mol. The van der Waals surface area contributed by atoms with Crippen molar-refractivity contribution in [2.24, 2.45) is 0 Å². The topological polar surface area (TPSA) is 65.5 Å². The predicted octanol–water partition coefficient (Wildman–Crippen LogP) is 3.13. The average molecular weight is 373 g/mol. The van der Waals surface area contributed by atoms with E-state index in [2.05, 4.69) is 10.3 Å². The summed E-state index contributed by atoms with van der Waals surface area (Å²) in [7, 11) is 1.57. The first kappa shape index (κ1) is 20.5. The lowest BCUT2D eigenvalue weighted by Crippen LogP contribution is -2.38. The van der Waals surface area contributed by atoms with Crippen molar-refractivity contribution in [1.82, 2.24) is 10.3 Å². The van der Waals surface area contributed by atoms with Gasteiger partial charge in [0.25, 0.3) is 0 Å². The number of carbonyl (C=O) groups is 1. The Morgan fingerprint density at radius 2 is 2.00 bits per heavy atom. The van der Waals surface area contributed by atoms with Gasteiger partial charge in [0.2, 0.25) is 5.91 Å². The van der Waals surface area contributed by atoms with E-state index in [0.717, 1.165) is 18.9 Å². The molecule has 1 fully saturated rings. The molecule has 0 aliphatic heterocycles. The number of pyridine rings is 1. The molecule has 0 radical (unpaired) electrons. The number of amides is 1. The zero-order valence-corrected chi connectivity index (χ0v) is 14.9. The number of aromatic nitrogens is 1. The SMILES string of the molecule is CN(CCCCC(=O)NC1CCC(O)CC1)c1ncccc1C(F)(F)F. The number of nitrogens with one attached hydrogen (secondary N) is 1. The Kier molecular flexibility index (Phi) is 7.25. The van der Waals surface area contributed by atoms with Crippen LogP contribution in [0.1, 0.15) is 50.5 Å². The van der Waals surface area contributed by atoms with Crippen molar-refractivity contribution in [3.05, 3.63) is 23.9 Å².